The van der Waals surface area contributed by atoms with Gasteiger partial charge in [-0.05, 0) is 35.7 Å². The summed E-state index contributed by atoms with van der Waals surface area (Å²) in [5.41, 5.74) is 4.22. The first-order chi connectivity index (χ1) is 9.15. The summed E-state index contributed by atoms with van der Waals surface area (Å²) in [5.74, 6) is 1.04. The molecule has 2 aromatic carbocycles. The van der Waals surface area contributed by atoms with Crippen LogP contribution in [-0.2, 0) is 0 Å². The fourth-order valence-corrected chi connectivity index (χ4v) is 2.13. The van der Waals surface area contributed by atoms with Crippen LogP contribution in [0.25, 0.3) is 11.1 Å². The van der Waals surface area contributed by atoms with Crippen molar-refractivity contribution in [3.8, 4) is 16.9 Å². The Bertz CT molecular complexity index is 583. The molecule has 0 saturated heterocycles. The van der Waals surface area contributed by atoms with Gasteiger partial charge >= 0.3 is 0 Å². The van der Waals surface area contributed by atoms with Crippen LogP contribution in [-0.4, -0.2) is 12.9 Å². The van der Waals surface area contributed by atoms with Gasteiger partial charge in [-0.2, -0.15) is 0 Å². The van der Waals surface area contributed by atoms with Crippen molar-refractivity contribution in [3.05, 3.63) is 53.6 Å². The van der Waals surface area contributed by atoms with E-state index in [1.807, 2.05) is 49.4 Å². The van der Waals surface area contributed by atoms with Gasteiger partial charge in [-0.25, -0.2) is 0 Å². The second-order valence-corrected chi connectivity index (χ2v) is 4.53. The molecule has 0 aliphatic rings. The molecule has 0 atom stereocenters. The molecule has 0 radical (unpaired) electrons. The van der Waals surface area contributed by atoms with Crippen molar-refractivity contribution in [3.63, 3.8) is 0 Å². The molecule has 98 valence electrons. The second kappa shape index (κ2) is 5.70. The lowest BCUT2D eigenvalue weighted by Crippen LogP contribution is -1.95. The van der Waals surface area contributed by atoms with E-state index < -0.39 is 0 Å². The van der Waals surface area contributed by atoms with Crippen molar-refractivity contribution in [1.82, 2.24) is 0 Å². The van der Waals surface area contributed by atoms with Crippen LogP contribution in [0.4, 0.5) is 0 Å². The zero-order valence-corrected chi connectivity index (χ0v) is 11.6. The Hall–Kier alpha value is -2.09. The van der Waals surface area contributed by atoms with Crippen molar-refractivity contribution in [2.45, 2.75) is 20.3 Å². The number of ether oxygens (including phenoxy) is 1. The standard InChI is InChI=1S/C17H18O2/c1-4-17(18)14-7-5-13(6-8-14)16-10-9-15(19-3)11-12(16)2/h5-11H,4H2,1-3H3. The van der Waals surface area contributed by atoms with Crippen LogP contribution < -0.4 is 4.74 Å². The minimum Gasteiger partial charge on any atom is -0.497 e. The maximum Gasteiger partial charge on any atom is 0.162 e. The first-order valence-electron chi connectivity index (χ1n) is 6.44. The number of ketones is 1. The zero-order chi connectivity index (χ0) is 13.8. The molecule has 0 aromatic heterocycles. The average molecular weight is 254 g/mol. The molecule has 0 saturated carbocycles. The maximum absolute atomic E-state index is 11.6. The molecule has 0 aliphatic carbocycles. The lowest BCUT2D eigenvalue weighted by molar-refractivity contribution is 0.0988. The molecule has 0 N–H and O–H groups in total. The second-order valence-electron chi connectivity index (χ2n) is 4.53. The Morgan fingerprint density at radius 1 is 1.11 bits per heavy atom. The van der Waals surface area contributed by atoms with Crippen LogP contribution >= 0.6 is 0 Å². The number of benzene rings is 2. The van der Waals surface area contributed by atoms with Crippen LogP contribution in [0, 0.1) is 6.92 Å². The topological polar surface area (TPSA) is 26.3 Å². The van der Waals surface area contributed by atoms with Crippen LogP contribution in [0.2, 0.25) is 0 Å². The van der Waals surface area contributed by atoms with E-state index in [1.54, 1.807) is 7.11 Å². The molecule has 2 rings (SSSR count). The number of carbonyl (C=O) groups excluding carboxylic acids is 1. The molecular weight excluding hydrogens is 236 g/mol. The van der Waals surface area contributed by atoms with Crippen LogP contribution in [0.15, 0.2) is 42.5 Å². The van der Waals surface area contributed by atoms with E-state index >= 15 is 0 Å². The monoisotopic (exact) mass is 254 g/mol. The van der Waals surface area contributed by atoms with E-state index in [0.29, 0.717) is 6.42 Å². The average Bonchev–Trinajstić information content (AvgIpc) is 2.46. The normalized spacial score (nSPS) is 10.3. The number of aryl methyl sites for hydroxylation is 1. The highest BCUT2D eigenvalue weighted by molar-refractivity contribution is 5.96. The van der Waals surface area contributed by atoms with E-state index in [0.717, 1.165) is 28.0 Å². The first kappa shape index (κ1) is 13.3. The van der Waals surface area contributed by atoms with Gasteiger partial charge in [-0.15, -0.1) is 0 Å². The Morgan fingerprint density at radius 2 is 1.79 bits per heavy atom. The van der Waals surface area contributed by atoms with Crippen molar-refractivity contribution in [1.29, 1.82) is 0 Å². The summed E-state index contributed by atoms with van der Waals surface area (Å²) < 4.78 is 5.21. The molecule has 0 bridgehead atoms. The highest BCUT2D eigenvalue weighted by atomic mass is 16.5. The highest BCUT2D eigenvalue weighted by Gasteiger charge is 2.06. The number of rotatable bonds is 4. The van der Waals surface area contributed by atoms with Gasteiger partial charge in [0.2, 0.25) is 0 Å². The van der Waals surface area contributed by atoms with Gasteiger partial charge in [-0.3, -0.25) is 4.79 Å². The van der Waals surface area contributed by atoms with Crippen LogP contribution in [0.5, 0.6) is 5.75 Å². The number of hydrogen-bond acceptors (Lipinski definition) is 2. The molecular formula is C17H18O2. The third-order valence-electron chi connectivity index (χ3n) is 3.27. The molecule has 0 aliphatic heterocycles. The van der Waals surface area contributed by atoms with E-state index in [1.165, 1.54) is 0 Å². The predicted molar refractivity (Wildman–Crippen MR) is 77.8 cm³/mol. The molecule has 0 spiro atoms. The van der Waals surface area contributed by atoms with Gasteiger partial charge in [0.1, 0.15) is 5.75 Å². The summed E-state index contributed by atoms with van der Waals surface area (Å²) in [7, 11) is 1.67. The Morgan fingerprint density at radius 3 is 2.32 bits per heavy atom. The molecule has 0 heterocycles. The summed E-state index contributed by atoms with van der Waals surface area (Å²) in [6, 6.07) is 13.8. The molecule has 0 fully saturated rings. The molecule has 2 aromatic rings. The quantitative estimate of drug-likeness (QED) is 0.762. The maximum atomic E-state index is 11.6. The third kappa shape index (κ3) is 2.84. The molecule has 2 nitrogen and oxygen atoms in total. The van der Waals surface area contributed by atoms with Gasteiger partial charge in [0.05, 0.1) is 7.11 Å². The van der Waals surface area contributed by atoms with Crippen LogP contribution in [0.3, 0.4) is 0 Å². The molecule has 0 unspecified atom stereocenters. The van der Waals surface area contributed by atoms with Gasteiger partial charge in [0.15, 0.2) is 5.78 Å². The Kier molecular flexibility index (Phi) is 4.00. The van der Waals surface area contributed by atoms with E-state index in [2.05, 4.69) is 6.92 Å². The number of Topliss-reactive ketones (excluding diaryl/α,β-unsaturated/α-hetero) is 1. The van der Waals surface area contributed by atoms with E-state index in [9.17, 15) is 4.79 Å². The van der Waals surface area contributed by atoms with Crippen molar-refractivity contribution in [2.75, 3.05) is 7.11 Å². The van der Waals surface area contributed by atoms with Crippen LogP contribution in [0.1, 0.15) is 29.3 Å². The molecule has 19 heavy (non-hydrogen) atoms. The van der Waals surface area contributed by atoms with Gasteiger partial charge in [-0.1, -0.05) is 37.3 Å². The number of hydrogen-bond donors (Lipinski definition) is 0. The van der Waals surface area contributed by atoms with E-state index in [-0.39, 0.29) is 5.78 Å². The largest absolute Gasteiger partial charge is 0.497 e. The van der Waals surface area contributed by atoms with Crippen molar-refractivity contribution < 1.29 is 9.53 Å². The minimum atomic E-state index is 0.179. The summed E-state index contributed by atoms with van der Waals surface area (Å²) in [4.78, 5) is 11.6. The fourth-order valence-electron chi connectivity index (χ4n) is 2.13. The molecule has 0 amide bonds. The van der Waals surface area contributed by atoms with E-state index in [4.69, 9.17) is 4.74 Å². The van der Waals surface area contributed by atoms with Gasteiger partial charge < -0.3 is 4.74 Å². The van der Waals surface area contributed by atoms with Crippen molar-refractivity contribution >= 4 is 5.78 Å². The summed E-state index contributed by atoms with van der Waals surface area (Å²) in [5, 5.41) is 0. The number of methoxy groups -OCH3 is 1. The van der Waals surface area contributed by atoms with Gasteiger partial charge in [0.25, 0.3) is 0 Å². The fraction of sp³-hybridized carbons (Fsp3) is 0.235. The molecule has 2 heteroatoms. The Labute approximate surface area is 114 Å². The summed E-state index contributed by atoms with van der Waals surface area (Å²) in [6.45, 7) is 3.94. The number of carbonyl (C=O) groups is 1. The predicted octanol–water partition coefficient (Wildman–Crippen LogP) is 4.26. The third-order valence-corrected chi connectivity index (χ3v) is 3.27. The first-order valence-corrected chi connectivity index (χ1v) is 6.44. The zero-order valence-electron chi connectivity index (χ0n) is 11.6. The lowest BCUT2D eigenvalue weighted by Gasteiger charge is -2.09. The highest BCUT2D eigenvalue weighted by Crippen LogP contribution is 2.27. The Balaban J connectivity index is 2.34. The smallest absolute Gasteiger partial charge is 0.162 e. The minimum absolute atomic E-state index is 0.179. The van der Waals surface area contributed by atoms with Gasteiger partial charge in [0, 0.05) is 12.0 Å². The summed E-state index contributed by atoms with van der Waals surface area (Å²) >= 11 is 0. The lowest BCUT2D eigenvalue weighted by atomic mass is 9.98. The SMILES string of the molecule is CCC(=O)c1ccc(-c2ccc(OC)cc2C)cc1. The summed E-state index contributed by atoms with van der Waals surface area (Å²) in [6.07, 6.45) is 0.543. The van der Waals surface area contributed by atoms with Crippen molar-refractivity contribution in [2.24, 2.45) is 0 Å².